The van der Waals surface area contributed by atoms with Gasteiger partial charge in [-0.25, -0.2) is 0 Å². The van der Waals surface area contributed by atoms with Crippen LogP contribution in [0.1, 0.15) is 34.5 Å². The summed E-state index contributed by atoms with van der Waals surface area (Å²) in [4.78, 5) is 27.7. The lowest BCUT2D eigenvalue weighted by Crippen LogP contribution is -2.44. The van der Waals surface area contributed by atoms with E-state index in [0.717, 1.165) is 19.3 Å². The predicted molar refractivity (Wildman–Crippen MR) is 126 cm³/mol. The van der Waals surface area contributed by atoms with Gasteiger partial charge in [0.05, 0.1) is 19.0 Å². The number of carbonyl (C=O) groups excluding carboxylic acids is 2. The molecule has 2 aromatic carbocycles. The molecular weight excluding hydrogens is 416 g/mol. The van der Waals surface area contributed by atoms with Crippen molar-refractivity contribution in [2.45, 2.75) is 25.4 Å². The molecule has 1 N–H and O–H groups in total. The highest BCUT2D eigenvalue weighted by Crippen LogP contribution is 2.18. The Kier molecular flexibility index (Phi) is 7.72. The Morgan fingerprint density at radius 1 is 0.970 bits per heavy atom. The van der Waals surface area contributed by atoms with E-state index in [2.05, 4.69) is 17.4 Å². The van der Waals surface area contributed by atoms with Gasteiger partial charge in [-0.2, -0.15) is 0 Å². The van der Waals surface area contributed by atoms with Crippen molar-refractivity contribution in [3.05, 3.63) is 102 Å². The van der Waals surface area contributed by atoms with Crippen molar-refractivity contribution in [2.24, 2.45) is 0 Å². The summed E-state index contributed by atoms with van der Waals surface area (Å²) in [5.74, 6) is -0.0508. The highest BCUT2D eigenvalue weighted by molar-refractivity contribution is 6.05. The number of carbonyl (C=O) groups is 2. The van der Waals surface area contributed by atoms with Crippen molar-refractivity contribution >= 4 is 17.9 Å². The molecule has 170 valence electrons. The molecule has 0 radical (unpaired) electrons. The van der Waals surface area contributed by atoms with Crippen molar-refractivity contribution in [1.82, 2.24) is 10.2 Å². The molecule has 1 fully saturated rings. The molecule has 33 heavy (non-hydrogen) atoms. The maximum atomic E-state index is 13.3. The number of hydrogen-bond acceptors (Lipinski definition) is 4. The molecule has 0 bridgehead atoms. The zero-order valence-electron chi connectivity index (χ0n) is 18.5. The van der Waals surface area contributed by atoms with Crippen LogP contribution in [-0.2, 0) is 16.0 Å². The van der Waals surface area contributed by atoms with Crippen LogP contribution in [0, 0.1) is 0 Å². The van der Waals surface area contributed by atoms with E-state index in [1.54, 1.807) is 47.4 Å². The smallest absolute Gasteiger partial charge is 0.270 e. The second-order valence-electron chi connectivity index (χ2n) is 7.99. The number of furan rings is 1. The minimum atomic E-state index is -0.333. The number of likely N-dealkylation sites (tertiary alicyclic amines) is 1. The van der Waals surface area contributed by atoms with Crippen molar-refractivity contribution in [2.75, 3.05) is 19.7 Å². The largest absolute Gasteiger partial charge is 0.465 e. The van der Waals surface area contributed by atoms with Crippen molar-refractivity contribution < 1.29 is 18.7 Å². The molecule has 4 rings (SSSR count). The van der Waals surface area contributed by atoms with E-state index in [0.29, 0.717) is 31.0 Å². The number of ether oxygens (including phenoxy) is 1. The highest BCUT2D eigenvalue weighted by Gasteiger charge is 2.26. The lowest BCUT2D eigenvalue weighted by atomic mass is 10.1. The fourth-order valence-corrected chi connectivity index (χ4v) is 3.83. The second-order valence-corrected chi connectivity index (χ2v) is 7.99. The molecule has 2 amide bonds. The van der Waals surface area contributed by atoms with Crippen LogP contribution in [0.5, 0.6) is 0 Å². The Bertz CT molecular complexity index is 1050. The lowest BCUT2D eigenvalue weighted by molar-refractivity contribution is -0.130. The standard InChI is InChI=1S/C27H28N2O4/c30-26(22-10-5-2-6-11-22)28-25(20-24-12-7-18-32-24)27(31)29-16-13-23(14-17-29)33-19-15-21-8-3-1-4-9-21/h1-12,18,20,23H,13-17,19H2,(H,28,30)/b25-20+. The van der Waals surface area contributed by atoms with E-state index in [4.69, 9.17) is 9.15 Å². The van der Waals surface area contributed by atoms with Crippen LogP contribution in [0.2, 0.25) is 0 Å². The molecule has 0 saturated carbocycles. The number of amides is 2. The normalized spacial score (nSPS) is 14.8. The summed E-state index contributed by atoms with van der Waals surface area (Å²) in [6, 6.07) is 22.6. The Balaban J connectivity index is 1.34. The fourth-order valence-electron chi connectivity index (χ4n) is 3.83. The average molecular weight is 445 g/mol. The van der Waals surface area contributed by atoms with Crippen LogP contribution in [0.15, 0.2) is 89.2 Å². The molecule has 6 heteroatoms. The van der Waals surface area contributed by atoms with Gasteiger partial charge < -0.3 is 19.4 Å². The number of hydrogen-bond donors (Lipinski definition) is 1. The van der Waals surface area contributed by atoms with Gasteiger partial charge in [-0.05, 0) is 49.1 Å². The molecule has 1 aliphatic heterocycles. The van der Waals surface area contributed by atoms with Crippen LogP contribution in [-0.4, -0.2) is 42.5 Å². The molecule has 0 spiro atoms. The number of nitrogens with one attached hydrogen (secondary N) is 1. The second kappa shape index (κ2) is 11.3. The third-order valence-electron chi connectivity index (χ3n) is 5.66. The topological polar surface area (TPSA) is 71.8 Å². The summed E-state index contributed by atoms with van der Waals surface area (Å²) in [5.41, 5.74) is 1.94. The fraction of sp³-hybridized carbons (Fsp3) is 0.259. The van der Waals surface area contributed by atoms with E-state index < -0.39 is 0 Å². The Labute approximate surface area is 193 Å². The first-order valence-corrected chi connectivity index (χ1v) is 11.3. The Hall–Kier alpha value is -3.64. The minimum absolute atomic E-state index is 0.133. The van der Waals surface area contributed by atoms with Gasteiger partial charge in [0.25, 0.3) is 11.8 Å². The van der Waals surface area contributed by atoms with Crippen LogP contribution < -0.4 is 5.32 Å². The van der Waals surface area contributed by atoms with Crippen LogP contribution >= 0.6 is 0 Å². The third kappa shape index (κ3) is 6.43. The molecule has 1 aromatic heterocycles. The first-order chi connectivity index (χ1) is 16.2. The molecule has 1 aliphatic rings. The van der Waals surface area contributed by atoms with E-state index in [1.807, 2.05) is 24.3 Å². The first kappa shape index (κ1) is 22.6. The SMILES string of the molecule is O=C(N/C(=C/c1ccco1)C(=O)N1CCC(OCCc2ccccc2)CC1)c1ccccc1. The number of benzene rings is 2. The first-order valence-electron chi connectivity index (χ1n) is 11.3. The van der Waals surface area contributed by atoms with E-state index in [9.17, 15) is 9.59 Å². The number of piperidine rings is 1. The minimum Gasteiger partial charge on any atom is -0.465 e. The van der Waals surface area contributed by atoms with Crippen LogP contribution in [0.25, 0.3) is 6.08 Å². The van der Waals surface area contributed by atoms with Gasteiger partial charge in [-0.15, -0.1) is 0 Å². The van der Waals surface area contributed by atoms with E-state index in [1.165, 1.54) is 11.8 Å². The van der Waals surface area contributed by atoms with Crippen molar-refractivity contribution in [3.8, 4) is 0 Å². The number of rotatable bonds is 8. The van der Waals surface area contributed by atoms with Gasteiger partial charge in [0.1, 0.15) is 11.5 Å². The maximum Gasteiger partial charge on any atom is 0.270 e. The molecule has 0 unspecified atom stereocenters. The third-order valence-corrected chi connectivity index (χ3v) is 5.66. The van der Waals surface area contributed by atoms with Crippen molar-refractivity contribution in [3.63, 3.8) is 0 Å². The van der Waals surface area contributed by atoms with E-state index >= 15 is 0 Å². The number of nitrogens with zero attached hydrogens (tertiary/aromatic N) is 1. The Morgan fingerprint density at radius 3 is 2.33 bits per heavy atom. The van der Waals surface area contributed by atoms with Crippen LogP contribution in [0.4, 0.5) is 0 Å². The van der Waals surface area contributed by atoms with E-state index in [-0.39, 0.29) is 23.6 Å². The van der Waals surface area contributed by atoms with Gasteiger partial charge in [0, 0.05) is 24.7 Å². The summed E-state index contributed by atoms with van der Waals surface area (Å²) in [5, 5.41) is 2.77. The monoisotopic (exact) mass is 444 g/mol. The molecular formula is C27H28N2O4. The van der Waals surface area contributed by atoms with Gasteiger partial charge >= 0.3 is 0 Å². The predicted octanol–water partition coefficient (Wildman–Crippen LogP) is 4.30. The lowest BCUT2D eigenvalue weighted by Gasteiger charge is -2.32. The summed E-state index contributed by atoms with van der Waals surface area (Å²) >= 11 is 0. The van der Waals surface area contributed by atoms with Gasteiger partial charge in [-0.1, -0.05) is 48.5 Å². The summed E-state index contributed by atoms with van der Waals surface area (Å²) in [7, 11) is 0. The molecule has 3 aromatic rings. The quantitative estimate of drug-likeness (QED) is 0.526. The molecule has 2 heterocycles. The van der Waals surface area contributed by atoms with Crippen LogP contribution in [0.3, 0.4) is 0 Å². The molecule has 0 aliphatic carbocycles. The van der Waals surface area contributed by atoms with Gasteiger partial charge in [0.15, 0.2) is 0 Å². The zero-order chi connectivity index (χ0) is 22.9. The summed E-state index contributed by atoms with van der Waals surface area (Å²) < 4.78 is 11.4. The maximum absolute atomic E-state index is 13.3. The average Bonchev–Trinajstić information content (AvgIpc) is 3.38. The Morgan fingerprint density at radius 2 is 1.67 bits per heavy atom. The molecule has 1 saturated heterocycles. The zero-order valence-corrected chi connectivity index (χ0v) is 18.5. The molecule has 0 atom stereocenters. The van der Waals surface area contributed by atoms with Gasteiger partial charge in [0.2, 0.25) is 0 Å². The highest BCUT2D eigenvalue weighted by atomic mass is 16.5. The molecule has 6 nitrogen and oxygen atoms in total. The van der Waals surface area contributed by atoms with Crippen molar-refractivity contribution in [1.29, 1.82) is 0 Å². The summed E-state index contributed by atoms with van der Waals surface area (Å²) in [6.45, 7) is 1.82. The van der Waals surface area contributed by atoms with Gasteiger partial charge in [-0.3, -0.25) is 9.59 Å². The summed E-state index contributed by atoms with van der Waals surface area (Å²) in [6.07, 6.45) is 5.65.